The maximum atomic E-state index is 14.0. The van der Waals surface area contributed by atoms with Crippen molar-refractivity contribution >= 4 is 16.9 Å². The van der Waals surface area contributed by atoms with Crippen LogP contribution in [0, 0.1) is 12.7 Å². The Kier molecular flexibility index (Phi) is 5.64. The Hall–Kier alpha value is -3.03. The van der Waals surface area contributed by atoms with Crippen molar-refractivity contribution in [3.05, 3.63) is 68.8 Å². The summed E-state index contributed by atoms with van der Waals surface area (Å²) >= 11 is 0. The van der Waals surface area contributed by atoms with Crippen molar-refractivity contribution in [2.45, 2.75) is 32.4 Å². The minimum absolute atomic E-state index is 0.135. The molecule has 0 unspecified atom stereocenters. The minimum Gasteiger partial charge on any atom is -0.468 e. The number of carbonyl (C=O) groups excluding carboxylic acids is 1. The Bertz CT molecular complexity index is 1250. The number of esters is 1. The van der Waals surface area contributed by atoms with Gasteiger partial charge in [0.25, 0.3) is 5.56 Å². The fourth-order valence-corrected chi connectivity index (χ4v) is 4.44. The van der Waals surface area contributed by atoms with Crippen LogP contribution in [-0.2, 0) is 40.8 Å². The Morgan fingerprint density at radius 2 is 2.06 bits per heavy atom. The fourth-order valence-electron chi connectivity index (χ4n) is 4.44. The average molecular weight is 424 g/mol. The van der Waals surface area contributed by atoms with Crippen molar-refractivity contribution in [1.29, 1.82) is 0 Å². The molecule has 0 saturated heterocycles. The summed E-state index contributed by atoms with van der Waals surface area (Å²) in [6.45, 7) is 2.77. The van der Waals surface area contributed by atoms with E-state index in [9.17, 15) is 14.0 Å². The molecular formula is C24H25FN2O4. The molecule has 0 spiro atoms. The summed E-state index contributed by atoms with van der Waals surface area (Å²) in [4.78, 5) is 25.1. The lowest BCUT2D eigenvalue weighted by atomic mass is 9.86. The van der Waals surface area contributed by atoms with Crippen LogP contribution in [0.1, 0.15) is 22.3 Å². The minimum atomic E-state index is -0.778. The van der Waals surface area contributed by atoms with E-state index in [1.165, 1.54) is 19.2 Å². The van der Waals surface area contributed by atoms with Gasteiger partial charge in [0.2, 0.25) is 0 Å². The van der Waals surface area contributed by atoms with Crippen molar-refractivity contribution in [1.82, 2.24) is 4.57 Å². The number of ether oxygens (including phenoxy) is 2. The Morgan fingerprint density at radius 3 is 2.81 bits per heavy atom. The highest BCUT2D eigenvalue weighted by Crippen LogP contribution is 2.34. The number of pyridine rings is 1. The number of rotatable bonds is 4. The van der Waals surface area contributed by atoms with Gasteiger partial charge in [0.1, 0.15) is 11.9 Å². The molecule has 31 heavy (non-hydrogen) atoms. The van der Waals surface area contributed by atoms with Gasteiger partial charge in [-0.2, -0.15) is 0 Å². The van der Waals surface area contributed by atoms with Gasteiger partial charge in [-0.25, -0.2) is 4.39 Å². The predicted molar refractivity (Wildman–Crippen MR) is 116 cm³/mol. The lowest BCUT2D eigenvalue weighted by Crippen LogP contribution is -2.34. The van der Waals surface area contributed by atoms with Crippen LogP contribution in [0.5, 0.6) is 0 Å². The molecule has 1 atom stereocenters. The van der Waals surface area contributed by atoms with Gasteiger partial charge in [-0.05, 0) is 65.8 Å². The second-order valence-corrected chi connectivity index (χ2v) is 7.89. The Morgan fingerprint density at radius 1 is 1.29 bits per heavy atom. The van der Waals surface area contributed by atoms with Gasteiger partial charge in [-0.15, -0.1) is 0 Å². The molecule has 3 aromatic rings. The van der Waals surface area contributed by atoms with E-state index in [1.54, 1.807) is 17.7 Å². The highest BCUT2D eigenvalue weighted by molar-refractivity contribution is 5.89. The van der Waals surface area contributed by atoms with Crippen LogP contribution in [-0.4, -0.2) is 30.3 Å². The van der Waals surface area contributed by atoms with E-state index in [-0.39, 0.29) is 11.4 Å². The lowest BCUT2D eigenvalue weighted by Gasteiger charge is -2.25. The summed E-state index contributed by atoms with van der Waals surface area (Å²) in [5.41, 5.74) is 11.5. The zero-order valence-corrected chi connectivity index (χ0v) is 17.8. The van der Waals surface area contributed by atoms with Gasteiger partial charge in [0.05, 0.1) is 31.4 Å². The van der Waals surface area contributed by atoms with Gasteiger partial charge >= 0.3 is 5.97 Å². The summed E-state index contributed by atoms with van der Waals surface area (Å²) in [5.74, 6) is -0.821. The number of benzene rings is 2. The van der Waals surface area contributed by atoms with Crippen molar-refractivity contribution in [2.24, 2.45) is 12.8 Å². The predicted octanol–water partition coefficient (Wildman–Crippen LogP) is 2.77. The van der Waals surface area contributed by atoms with Crippen molar-refractivity contribution in [2.75, 3.05) is 13.7 Å². The zero-order chi connectivity index (χ0) is 22.3. The van der Waals surface area contributed by atoms with E-state index >= 15 is 0 Å². The van der Waals surface area contributed by atoms with Crippen molar-refractivity contribution in [3.8, 4) is 11.1 Å². The fraction of sp³-hybridized carbons (Fsp3) is 0.333. The maximum absolute atomic E-state index is 14.0. The van der Waals surface area contributed by atoms with Crippen LogP contribution in [0.3, 0.4) is 0 Å². The third-order valence-electron chi connectivity index (χ3n) is 6.10. The number of aromatic nitrogens is 1. The molecule has 0 saturated carbocycles. The largest absolute Gasteiger partial charge is 0.468 e. The van der Waals surface area contributed by atoms with Crippen molar-refractivity contribution < 1.29 is 18.7 Å². The number of hydrogen-bond acceptors (Lipinski definition) is 5. The van der Waals surface area contributed by atoms with Gasteiger partial charge < -0.3 is 19.8 Å². The molecule has 0 amide bonds. The van der Waals surface area contributed by atoms with Gasteiger partial charge in [0.15, 0.2) is 0 Å². The average Bonchev–Trinajstić information content (AvgIpc) is 2.78. The smallest absolute Gasteiger partial charge is 0.322 e. The maximum Gasteiger partial charge on any atom is 0.322 e. The lowest BCUT2D eigenvalue weighted by molar-refractivity contribution is -0.142. The molecular weight excluding hydrogens is 399 g/mol. The number of hydrogen-bond donors (Lipinski definition) is 1. The van der Waals surface area contributed by atoms with Crippen LogP contribution in [0.2, 0.25) is 0 Å². The third-order valence-corrected chi connectivity index (χ3v) is 6.10. The van der Waals surface area contributed by atoms with Crippen LogP contribution in [0.25, 0.3) is 22.0 Å². The number of aryl methyl sites for hydroxylation is 2. The standard InChI is InChI=1S/C24H25FN2O4/c1-13-18-11-15(25)5-7-21(18)27(2)23(28)22(13)17-6-4-14(10-20(26)24(29)30-3)19-12-31-9-8-16(17)19/h4-7,11,20H,8-10,12,26H2,1-3H3/t20-/m0/s1. The topological polar surface area (TPSA) is 83.5 Å². The number of methoxy groups -OCH3 is 1. The first-order valence-electron chi connectivity index (χ1n) is 10.2. The van der Waals surface area contributed by atoms with E-state index in [4.69, 9.17) is 15.2 Å². The first kappa shape index (κ1) is 21.2. The van der Waals surface area contributed by atoms with E-state index < -0.39 is 12.0 Å². The number of halogens is 1. The zero-order valence-electron chi connectivity index (χ0n) is 17.8. The van der Waals surface area contributed by atoms with E-state index in [0.29, 0.717) is 42.5 Å². The molecule has 0 bridgehead atoms. The summed E-state index contributed by atoms with van der Waals surface area (Å²) in [6.07, 6.45) is 0.953. The number of carbonyl (C=O) groups is 1. The van der Waals surface area contributed by atoms with Gasteiger partial charge in [-0.1, -0.05) is 12.1 Å². The number of nitrogens with two attached hydrogens (primary N) is 1. The molecule has 7 heteroatoms. The van der Waals surface area contributed by atoms with E-state index in [1.807, 2.05) is 19.1 Å². The molecule has 1 aromatic heterocycles. The molecule has 4 rings (SSSR count). The Labute approximate surface area is 179 Å². The van der Waals surface area contributed by atoms with Gasteiger partial charge in [-0.3, -0.25) is 9.59 Å². The first-order chi connectivity index (χ1) is 14.8. The van der Waals surface area contributed by atoms with Crippen LogP contribution in [0.4, 0.5) is 4.39 Å². The molecule has 2 aromatic carbocycles. The van der Waals surface area contributed by atoms with E-state index in [2.05, 4.69) is 0 Å². The molecule has 2 N–H and O–H groups in total. The van der Waals surface area contributed by atoms with Crippen LogP contribution >= 0.6 is 0 Å². The number of nitrogens with zero attached hydrogens (tertiary/aromatic N) is 1. The monoisotopic (exact) mass is 424 g/mol. The third kappa shape index (κ3) is 3.64. The second kappa shape index (κ2) is 8.24. The summed E-state index contributed by atoms with van der Waals surface area (Å²) in [5, 5.41) is 0.703. The summed E-state index contributed by atoms with van der Waals surface area (Å²) < 4.78 is 26.0. The highest BCUT2D eigenvalue weighted by Gasteiger charge is 2.24. The Balaban J connectivity index is 1.93. The summed E-state index contributed by atoms with van der Waals surface area (Å²) in [7, 11) is 3.01. The molecule has 1 aliphatic rings. The van der Waals surface area contributed by atoms with E-state index in [0.717, 1.165) is 27.8 Å². The van der Waals surface area contributed by atoms with Crippen LogP contribution < -0.4 is 11.3 Å². The molecule has 0 aliphatic carbocycles. The SMILES string of the molecule is COC(=O)[C@@H](N)Cc1ccc(-c2c(C)c3cc(F)ccc3n(C)c2=O)c2c1COCC2. The normalized spacial score (nSPS) is 14.4. The molecule has 1 aliphatic heterocycles. The molecule has 162 valence electrons. The first-order valence-corrected chi connectivity index (χ1v) is 10.2. The molecule has 0 fully saturated rings. The molecule has 2 heterocycles. The molecule has 6 nitrogen and oxygen atoms in total. The summed E-state index contributed by atoms with van der Waals surface area (Å²) in [6, 6.07) is 7.47. The highest BCUT2D eigenvalue weighted by atomic mass is 19.1. The second-order valence-electron chi connectivity index (χ2n) is 7.89. The number of fused-ring (bicyclic) bond motifs is 2. The van der Waals surface area contributed by atoms with Crippen molar-refractivity contribution in [3.63, 3.8) is 0 Å². The van der Waals surface area contributed by atoms with Crippen LogP contribution in [0.15, 0.2) is 35.1 Å². The molecule has 0 radical (unpaired) electrons. The quantitative estimate of drug-likeness (QED) is 0.651. The van der Waals surface area contributed by atoms with Gasteiger partial charge in [0, 0.05) is 12.4 Å².